The summed E-state index contributed by atoms with van der Waals surface area (Å²) < 4.78 is 0. The molecule has 1 aromatic carbocycles. The summed E-state index contributed by atoms with van der Waals surface area (Å²) in [7, 11) is 0. The van der Waals surface area contributed by atoms with Crippen LogP contribution in [0.2, 0.25) is 0 Å². The van der Waals surface area contributed by atoms with E-state index in [1.165, 1.54) is 0 Å². The summed E-state index contributed by atoms with van der Waals surface area (Å²) in [6.45, 7) is 9.52. The summed E-state index contributed by atoms with van der Waals surface area (Å²) in [6, 6.07) is 3.77. The Balaban J connectivity index is 3.07. The van der Waals surface area contributed by atoms with Crippen LogP contribution in [0.25, 0.3) is 0 Å². The Morgan fingerprint density at radius 1 is 1.24 bits per heavy atom. The molecule has 1 rings (SSSR count). The molecule has 2 N–H and O–H groups in total. The summed E-state index contributed by atoms with van der Waals surface area (Å²) in [5.41, 5.74) is 9.31. The van der Waals surface area contributed by atoms with E-state index in [0.717, 1.165) is 36.2 Å². The predicted molar refractivity (Wildman–Crippen MR) is 72.2 cm³/mol. The number of nitrogen functional groups attached to an aromatic ring is 1. The number of nitrogens with zero attached hydrogens (tertiary/aromatic N) is 1. The van der Waals surface area contributed by atoms with E-state index in [-0.39, 0.29) is 5.91 Å². The minimum absolute atomic E-state index is 0.0820. The first kappa shape index (κ1) is 13.6. The van der Waals surface area contributed by atoms with Crippen LogP contribution in [0.1, 0.15) is 41.8 Å². The van der Waals surface area contributed by atoms with E-state index in [9.17, 15) is 4.79 Å². The van der Waals surface area contributed by atoms with Gasteiger partial charge in [-0.1, -0.05) is 13.0 Å². The van der Waals surface area contributed by atoms with E-state index in [0.29, 0.717) is 5.69 Å². The van der Waals surface area contributed by atoms with Gasteiger partial charge in [-0.15, -0.1) is 0 Å². The van der Waals surface area contributed by atoms with Crippen LogP contribution >= 0.6 is 0 Å². The largest absolute Gasteiger partial charge is 0.398 e. The number of nitrogens with two attached hydrogens (primary N) is 1. The van der Waals surface area contributed by atoms with Crippen molar-refractivity contribution in [2.75, 3.05) is 18.8 Å². The Kier molecular flexibility index (Phi) is 4.55. The molecule has 0 aliphatic rings. The monoisotopic (exact) mass is 234 g/mol. The molecule has 0 aromatic heterocycles. The average molecular weight is 234 g/mol. The van der Waals surface area contributed by atoms with Gasteiger partial charge in [-0.25, -0.2) is 0 Å². The fourth-order valence-corrected chi connectivity index (χ4v) is 1.94. The number of benzene rings is 1. The number of anilines is 1. The van der Waals surface area contributed by atoms with Crippen molar-refractivity contribution in [2.45, 2.75) is 34.1 Å². The minimum atomic E-state index is 0.0820. The van der Waals surface area contributed by atoms with Crippen molar-refractivity contribution in [3.63, 3.8) is 0 Å². The van der Waals surface area contributed by atoms with E-state index in [2.05, 4.69) is 6.92 Å². The fourth-order valence-electron chi connectivity index (χ4n) is 1.94. The molecule has 0 radical (unpaired) electrons. The number of amides is 1. The molecular weight excluding hydrogens is 212 g/mol. The number of hydrogen-bond donors (Lipinski definition) is 1. The summed E-state index contributed by atoms with van der Waals surface area (Å²) in [5, 5.41) is 0. The van der Waals surface area contributed by atoms with Gasteiger partial charge in [0.05, 0.1) is 0 Å². The Hall–Kier alpha value is -1.51. The van der Waals surface area contributed by atoms with Crippen molar-refractivity contribution in [3.05, 3.63) is 28.8 Å². The zero-order valence-corrected chi connectivity index (χ0v) is 11.2. The van der Waals surface area contributed by atoms with Gasteiger partial charge in [-0.05, 0) is 44.4 Å². The molecule has 17 heavy (non-hydrogen) atoms. The van der Waals surface area contributed by atoms with Gasteiger partial charge in [0, 0.05) is 24.3 Å². The highest BCUT2D eigenvalue weighted by Gasteiger charge is 2.16. The van der Waals surface area contributed by atoms with Gasteiger partial charge < -0.3 is 10.6 Å². The van der Waals surface area contributed by atoms with Crippen molar-refractivity contribution < 1.29 is 4.79 Å². The summed E-state index contributed by atoms with van der Waals surface area (Å²) in [6.07, 6.45) is 0.972. The van der Waals surface area contributed by atoms with Crippen LogP contribution in [0.15, 0.2) is 12.1 Å². The van der Waals surface area contributed by atoms with Gasteiger partial charge in [0.25, 0.3) is 5.91 Å². The SMILES string of the molecule is CCCN(CC)C(=O)c1cc(N)c(C)cc1C. The Bertz CT molecular complexity index is 413. The van der Waals surface area contributed by atoms with E-state index in [1.54, 1.807) is 6.07 Å². The van der Waals surface area contributed by atoms with Crippen molar-refractivity contribution in [1.29, 1.82) is 0 Å². The highest BCUT2D eigenvalue weighted by molar-refractivity contribution is 5.96. The third kappa shape index (κ3) is 2.99. The normalized spacial score (nSPS) is 10.4. The average Bonchev–Trinajstić information content (AvgIpc) is 2.30. The van der Waals surface area contributed by atoms with E-state index in [4.69, 9.17) is 5.73 Å². The van der Waals surface area contributed by atoms with Crippen molar-refractivity contribution in [1.82, 2.24) is 4.90 Å². The van der Waals surface area contributed by atoms with Crippen LogP contribution in [-0.2, 0) is 0 Å². The summed E-state index contributed by atoms with van der Waals surface area (Å²) >= 11 is 0. The second-order valence-electron chi connectivity index (χ2n) is 4.41. The quantitative estimate of drug-likeness (QED) is 0.814. The maximum absolute atomic E-state index is 12.3. The Morgan fingerprint density at radius 2 is 1.88 bits per heavy atom. The number of hydrogen-bond acceptors (Lipinski definition) is 2. The standard InChI is InChI=1S/C14H22N2O/c1-5-7-16(6-2)14(17)12-9-13(15)11(4)8-10(12)3/h8-9H,5-7,15H2,1-4H3. The molecule has 0 aliphatic carbocycles. The molecule has 0 spiro atoms. The third-order valence-electron chi connectivity index (χ3n) is 3.01. The number of rotatable bonds is 4. The van der Waals surface area contributed by atoms with Gasteiger partial charge in [-0.3, -0.25) is 4.79 Å². The fraction of sp³-hybridized carbons (Fsp3) is 0.500. The molecule has 1 aromatic rings. The zero-order chi connectivity index (χ0) is 13.0. The molecule has 0 heterocycles. The van der Waals surface area contributed by atoms with Crippen molar-refractivity contribution >= 4 is 11.6 Å². The van der Waals surface area contributed by atoms with Crippen molar-refractivity contribution in [2.24, 2.45) is 0 Å². The predicted octanol–water partition coefficient (Wildman–Crippen LogP) is 2.76. The van der Waals surface area contributed by atoms with Gasteiger partial charge in [0.1, 0.15) is 0 Å². The topological polar surface area (TPSA) is 46.3 Å². The smallest absolute Gasteiger partial charge is 0.254 e. The molecule has 0 saturated carbocycles. The summed E-state index contributed by atoms with van der Waals surface area (Å²) in [4.78, 5) is 14.2. The van der Waals surface area contributed by atoms with Gasteiger partial charge in [0.15, 0.2) is 0 Å². The highest BCUT2D eigenvalue weighted by Crippen LogP contribution is 2.19. The maximum Gasteiger partial charge on any atom is 0.254 e. The molecule has 3 nitrogen and oxygen atoms in total. The van der Waals surface area contributed by atoms with Gasteiger partial charge >= 0.3 is 0 Å². The third-order valence-corrected chi connectivity index (χ3v) is 3.01. The molecule has 0 unspecified atom stereocenters. The van der Waals surface area contributed by atoms with Crippen molar-refractivity contribution in [3.8, 4) is 0 Å². The lowest BCUT2D eigenvalue weighted by Gasteiger charge is -2.21. The Morgan fingerprint density at radius 3 is 2.41 bits per heavy atom. The molecule has 0 bridgehead atoms. The molecule has 94 valence electrons. The van der Waals surface area contributed by atoms with Gasteiger partial charge in [0.2, 0.25) is 0 Å². The van der Waals surface area contributed by atoms with Crippen LogP contribution in [0.3, 0.4) is 0 Å². The molecule has 0 fully saturated rings. The van der Waals surface area contributed by atoms with E-state index < -0.39 is 0 Å². The van der Waals surface area contributed by atoms with Crippen LogP contribution in [0.4, 0.5) is 5.69 Å². The zero-order valence-electron chi connectivity index (χ0n) is 11.2. The minimum Gasteiger partial charge on any atom is -0.398 e. The first-order chi connectivity index (χ1) is 8.01. The van der Waals surface area contributed by atoms with Crippen LogP contribution < -0.4 is 5.73 Å². The maximum atomic E-state index is 12.3. The lowest BCUT2D eigenvalue weighted by Crippen LogP contribution is -2.32. The lowest BCUT2D eigenvalue weighted by atomic mass is 10.0. The molecule has 1 amide bonds. The highest BCUT2D eigenvalue weighted by atomic mass is 16.2. The lowest BCUT2D eigenvalue weighted by molar-refractivity contribution is 0.0764. The molecular formula is C14H22N2O. The summed E-state index contributed by atoms with van der Waals surface area (Å²) in [5.74, 6) is 0.0820. The van der Waals surface area contributed by atoms with Crippen LogP contribution in [0.5, 0.6) is 0 Å². The van der Waals surface area contributed by atoms with Gasteiger partial charge in [-0.2, -0.15) is 0 Å². The van der Waals surface area contributed by atoms with Crippen LogP contribution in [-0.4, -0.2) is 23.9 Å². The van der Waals surface area contributed by atoms with Crippen LogP contribution in [0, 0.1) is 13.8 Å². The molecule has 0 aliphatic heterocycles. The Labute approximate surface area is 104 Å². The second kappa shape index (κ2) is 5.71. The molecule has 0 atom stereocenters. The number of carbonyl (C=O) groups is 1. The molecule has 3 heteroatoms. The van der Waals surface area contributed by atoms with E-state index in [1.807, 2.05) is 31.7 Å². The second-order valence-corrected chi connectivity index (χ2v) is 4.41. The first-order valence-corrected chi connectivity index (χ1v) is 6.17. The number of carbonyl (C=O) groups excluding carboxylic acids is 1. The molecule has 0 saturated heterocycles. The first-order valence-electron chi connectivity index (χ1n) is 6.17. The number of aryl methyl sites for hydroxylation is 2. The van der Waals surface area contributed by atoms with E-state index >= 15 is 0 Å².